The SMILES string of the molecule is CC1(C(=O)C2CCOCC2)CCCO1. The smallest absolute Gasteiger partial charge is 0.167 e. The quantitative estimate of drug-likeness (QED) is 0.675. The lowest BCUT2D eigenvalue weighted by atomic mass is 9.84. The Morgan fingerprint density at radius 1 is 1.29 bits per heavy atom. The van der Waals surface area contributed by atoms with Crippen molar-refractivity contribution in [2.24, 2.45) is 5.92 Å². The van der Waals surface area contributed by atoms with Crippen molar-refractivity contribution in [3.63, 3.8) is 0 Å². The first-order chi connectivity index (χ1) is 6.72. The fourth-order valence-corrected chi connectivity index (χ4v) is 2.36. The maximum atomic E-state index is 12.1. The fraction of sp³-hybridized carbons (Fsp3) is 0.909. The standard InChI is InChI=1S/C11H18O3/c1-11(5-2-6-14-11)10(12)9-3-7-13-8-4-9/h9H,2-8H2,1H3. The first kappa shape index (κ1) is 10.1. The highest BCUT2D eigenvalue weighted by atomic mass is 16.5. The van der Waals surface area contributed by atoms with E-state index in [1.807, 2.05) is 6.92 Å². The number of carbonyl (C=O) groups excluding carboxylic acids is 1. The maximum Gasteiger partial charge on any atom is 0.167 e. The molecule has 2 fully saturated rings. The monoisotopic (exact) mass is 198 g/mol. The van der Waals surface area contributed by atoms with E-state index in [1.54, 1.807) is 0 Å². The first-order valence-electron chi connectivity index (χ1n) is 5.48. The molecule has 0 amide bonds. The van der Waals surface area contributed by atoms with E-state index in [0.29, 0.717) is 5.78 Å². The number of ether oxygens (including phenoxy) is 2. The Kier molecular flexibility index (Phi) is 2.88. The molecule has 1 unspecified atom stereocenters. The molecule has 2 aliphatic rings. The van der Waals surface area contributed by atoms with Gasteiger partial charge in [-0.3, -0.25) is 4.79 Å². The highest BCUT2D eigenvalue weighted by Crippen LogP contribution is 2.31. The lowest BCUT2D eigenvalue weighted by Gasteiger charge is -2.29. The maximum absolute atomic E-state index is 12.1. The summed E-state index contributed by atoms with van der Waals surface area (Å²) in [6.07, 6.45) is 3.66. The van der Waals surface area contributed by atoms with Crippen molar-refractivity contribution >= 4 is 5.78 Å². The van der Waals surface area contributed by atoms with Crippen LogP contribution in [0.1, 0.15) is 32.6 Å². The molecule has 1 atom stereocenters. The zero-order valence-corrected chi connectivity index (χ0v) is 8.75. The van der Waals surface area contributed by atoms with Gasteiger partial charge in [0.2, 0.25) is 0 Å². The Labute approximate surface area is 84.8 Å². The van der Waals surface area contributed by atoms with Gasteiger partial charge >= 0.3 is 0 Å². The average Bonchev–Trinajstić information content (AvgIpc) is 2.67. The molecule has 0 spiro atoms. The fourth-order valence-electron chi connectivity index (χ4n) is 2.36. The summed E-state index contributed by atoms with van der Waals surface area (Å²) in [7, 11) is 0. The molecular formula is C11H18O3. The Balaban J connectivity index is 1.98. The molecule has 14 heavy (non-hydrogen) atoms. The number of Topliss-reactive ketones (excluding diaryl/α,β-unsaturated/α-hetero) is 1. The molecule has 2 saturated heterocycles. The zero-order valence-electron chi connectivity index (χ0n) is 8.75. The molecule has 80 valence electrons. The van der Waals surface area contributed by atoms with Gasteiger partial charge in [0.1, 0.15) is 5.60 Å². The number of ketones is 1. The van der Waals surface area contributed by atoms with Crippen molar-refractivity contribution in [1.82, 2.24) is 0 Å². The van der Waals surface area contributed by atoms with E-state index in [-0.39, 0.29) is 5.92 Å². The highest BCUT2D eigenvalue weighted by molar-refractivity contribution is 5.89. The van der Waals surface area contributed by atoms with Crippen LogP contribution in [0.15, 0.2) is 0 Å². The minimum Gasteiger partial charge on any atom is -0.381 e. The number of carbonyl (C=O) groups is 1. The van der Waals surface area contributed by atoms with Crippen LogP contribution in [0.5, 0.6) is 0 Å². The third-order valence-electron chi connectivity index (χ3n) is 3.33. The average molecular weight is 198 g/mol. The van der Waals surface area contributed by atoms with E-state index in [1.165, 1.54) is 0 Å². The van der Waals surface area contributed by atoms with Gasteiger partial charge in [0, 0.05) is 25.7 Å². The second-order valence-electron chi connectivity index (χ2n) is 4.43. The molecule has 3 nitrogen and oxygen atoms in total. The van der Waals surface area contributed by atoms with Crippen molar-refractivity contribution in [2.45, 2.75) is 38.2 Å². The van der Waals surface area contributed by atoms with Crippen molar-refractivity contribution in [3.8, 4) is 0 Å². The van der Waals surface area contributed by atoms with Gasteiger partial charge in [0.15, 0.2) is 5.78 Å². The largest absolute Gasteiger partial charge is 0.381 e. The van der Waals surface area contributed by atoms with E-state index in [0.717, 1.165) is 45.5 Å². The molecule has 0 aromatic carbocycles. The van der Waals surface area contributed by atoms with E-state index >= 15 is 0 Å². The van der Waals surface area contributed by atoms with Gasteiger partial charge in [-0.15, -0.1) is 0 Å². The molecule has 0 aromatic heterocycles. The molecule has 2 rings (SSSR count). The van der Waals surface area contributed by atoms with E-state index in [9.17, 15) is 4.79 Å². The van der Waals surface area contributed by atoms with Crippen LogP contribution in [-0.2, 0) is 14.3 Å². The number of hydrogen-bond acceptors (Lipinski definition) is 3. The van der Waals surface area contributed by atoms with Crippen LogP contribution in [0.3, 0.4) is 0 Å². The van der Waals surface area contributed by atoms with Crippen molar-refractivity contribution in [1.29, 1.82) is 0 Å². The van der Waals surface area contributed by atoms with Crippen LogP contribution in [0, 0.1) is 5.92 Å². The van der Waals surface area contributed by atoms with Gasteiger partial charge in [-0.25, -0.2) is 0 Å². The van der Waals surface area contributed by atoms with Crippen LogP contribution in [-0.4, -0.2) is 31.2 Å². The second kappa shape index (κ2) is 3.99. The van der Waals surface area contributed by atoms with Crippen molar-refractivity contribution < 1.29 is 14.3 Å². The van der Waals surface area contributed by atoms with E-state index in [4.69, 9.17) is 9.47 Å². The van der Waals surface area contributed by atoms with Gasteiger partial charge in [-0.1, -0.05) is 0 Å². The van der Waals surface area contributed by atoms with Crippen LogP contribution in [0.2, 0.25) is 0 Å². The molecule has 3 heteroatoms. The van der Waals surface area contributed by atoms with E-state index in [2.05, 4.69) is 0 Å². The molecule has 0 bridgehead atoms. The first-order valence-corrected chi connectivity index (χ1v) is 5.48. The minimum atomic E-state index is -0.484. The summed E-state index contributed by atoms with van der Waals surface area (Å²) in [5.41, 5.74) is -0.484. The molecule has 2 heterocycles. The summed E-state index contributed by atoms with van der Waals surface area (Å²) in [6.45, 7) is 4.14. The Hall–Kier alpha value is -0.410. The highest BCUT2D eigenvalue weighted by Gasteiger charge is 2.41. The van der Waals surface area contributed by atoms with Gasteiger partial charge in [-0.2, -0.15) is 0 Å². The summed E-state index contributed by atoms with van der Waals surface area (Å²) in [4.78, 5) is 12.1. The summed E-state index contributed by atoms with van der Waals surface area (Å²) < 4.78 is 10.8. The molecule has 0 aromatic rings. The summed E-state index contributed by atoms with van der Waals surface area (Å²) in [5.74, 6) is 0.477. The van der Waals surface area contributed by atoms with Crippen LogP contribution < -0.4 is 0 Å². The molecule has 0 saturated carbocycles. The summed E-state index contributed by atoms with van der Waals surface area (Å²) >= 11 is 0. The topological polar surface area (TPSA) is 35.5 Å². The predicted octanol–water partition coefficient (Wildman–Crippen LogP) is 1.55. The summed E-state index contributed by atoms with van der Waals surface area (Å²) in [6, 6.07) is 0. The van der Waals surface area contributed by atoms with Crippen molar-refractivity contribution in [2.75, 3.05) is 19.8 Å². The normalized spacial score (nSPS) is 34.6. The Morgan fingerprint density at radius 2 is 2.00 bits per heavy atom. The zero-order chi connectivity index (χ0) is 10.0. The molecular weight excluding hydrogens is 180 g/mol. The minimum absolute atomic E-state index is 0.173. The predicted molar refractivity (Wildman–Crippen MR) is 52.1 cm³/mol. The second-order valence-corrected chi connectivity index (χ2v) is 4.43. The Bertz CT molecular complexity index is 213. The van der Waals surface area contributed by atoms with Gasteiger partial charge < -0.3 is 9.47 Å². The summed E-state index contributed by atoms with van der Waals surface area (Å²) in [5, 5.41) is 0. The Morgan fingerprint density at radius 3 is 2.57 bits per heavy atom. The van der Waals surface area contributed by atoms with Crippen molar-refractivity contribution in [3.05, 3.63) is 0 Å². The van der Waals surface area contributed by atoms with Gasteiger partial charge in [0.05, 0.1) is 0 Å². The van der Waals surface area contributed by atoms with Gasteiger partial charge in [0.25, 0.3) is 0 Å². The molecule has 0 aliphatic carbocycles. The van der Waals surface area contributed by atoms with E-state index < -0.39 is 5.60 Å². The third kappa shape index (κ3) is 1.84. The van der Waals surface area contributed by atoms with Crippen LogP contribution in [0.4, 0.5) is 0 Å². The van der Waals surface area contributed by atoms with Gasteiger partial charge in [-0.05, 0) is 32.6 Å². The lowest BCUT2D eigenvalue weighted by Crippen LogP contribution is -2.41. The number of rotatable bonds is 2. The van der Waals surface area contributed by atoms with Crippen LogP contribution in [0.25, 0.3) is 0 Å². The third-order valence-corrected chi connectivity index (χ3v) is 3.33. The van der Waals surface area contributed by atoms with Crippen LogP contribution >= 0.6 is 0 Å². The molecule has 0 N–H and O–H groups in total. The molecule has 2 aliphatic heterocycles. The number of hydrogen-bond donors (Lipinski definition) is 0. The molecule has 0 radical (unpaired) electrons. The lowest BCUT2D eigenvalue weighted by molar-refractivity contribution is -0.144.